The highest BCUT2D eigenvalue weighted by atomic mass is 15.5. The van der Waals surface area contributed by atoms with Gasteiger partial charge >= 0.3 is 0 Å². The summed E-state index contributed by atoms with van der Waals surface area (Å²) in [5, 5.41) is 25.6. The van der Waals surface area contributed by atoms with E-state index in [2.05, 4.69) is 50.2 Å². The van der Waals surface area contributed by atoms with Crippen LogP contribution < -0.4 is 5.32 Å². The minimum absolute atomic E-state index is 0.264. The average molecular weight is 302 g/mol. The van der Waals surface area contributed by atoms with Crippen LogP contribution >= 0.6 is 0 Å². The maximum atomic E-state index is 9.15. The topological polar surface area (TPSA) is 90.3 Å². The van der Waals surface area contributed by atoms with Crippen LogP contribution in [0, 0.1) is 11.3 Å². The van der Waals surface area contributed by atoms with Crippen LogP contribution in [0.25, 0.3) is 5.57 Å². The lowest BCUT2D eigenvalue weighted by atomic mass is 10.0. The Morgan fingerprint density at radius 1 is 1.13 bits per heavy atom. The molecule has 112 valence electrons. The fourth-order valence-corrected chi connectivity index (χ4v) is 2.18. The molecule has 6 nitrogen and oxygen atoms in total. The molecule has 0 aliphatic carbocycles. The lowest BCUT2D eigenvalue weighted by molar-refractivity contribution is 0.881. The van der Waals surface area contributed by atoms with Gasteiger partial charge in [-0.25, -0.2) is 0 Å². The predicted molar refractivity (Wildman–Crippen MR) is 87.1 cm³/mol. The van der Waals surface area contributed by atoms with Gasteiger partial charge in [0.05, 0.1) is 0 Å². The molecule has 0 atom stereocenters. The molecule has 6 heteroatoms. The second-order valence-corrected chi connectivity index (χ2v) is 4.91. The quantitative estimate of drug-likeness (QED) is 0.707. The number of aromatic nitrogens is 4. The van der Waals surface area contributed by atoms with Crippen molar-refractivity contribution in [2.75, 3.05) is 5.32 Å². The number of tetrazole rings is 1. The van der Waals surface area contributed by atoms with E-state index < -0.39 is 0 Å². The van der Waals surface area contributed by atoms with Crippen molar-refractivity contribution in [1.29, 1.82) is 5.26 Å². The highest BCUT2D eigenvalue weighted by molar-refractivity contribution is 5.74. The van der Waals surface area contributed by atoms with Gasteiger partial charge in [-0.2, -0.15) is 10.5 Å². The first-order valence-corrected chi connectivity index (χ1v) is 7.08. The van der Waals surface area contributed by atoms with Gasteiger partial charge in [0.1, 0.15) is 11.6 Å². The van der Waals surface area contributed by atoms with Crippen LogP contribution in [0.4, 0.5) is 5.69 Å². The minimum atomic E-state index is 0.264. The molecule has 2 aromatic carbocycles. The van der Waals surface area contributed by atoms with Crippen LogP contribution in [-0.4, -0.2) is 20.6 Å². The normalized spacial score (nSPS) is 11.0. The summed E-state index contributed by atoms with van der Waals surface area (Å²) < 4.78 is 0. The van der Waals surface area contributed by atoms with Gasteiger partial charge in [0.15, 0.2) is 0 Å². The second-order valence-electron chi connectivity index (χ2n) is 4.91. The van der Waals surface area contributed by atoms with E-state index in [-0.39, 0.29) is 5.82 Å². The Morgan fingerprint density at radius 2 is 1.96 bits per heavy atom. The van der Waals surface area contributed by atoms with Crippen LogP contribution in [0.3, 0.4) is 0 Å². The molecule has 0 aliphatic rings. The number of hydrogen-bond acceptors (Lipinski definition) is 5. The van der Waals surface area contributed by atoms with Crippen LogP contribution in [0.2, 0.25) is 0 Å². The highest BCUT2D eigenvalue weighted by Gasteiger charge is 2.05. The number of aromatic amines is 1. The Hall–Kier alpha value is -3.46. The van der Waals surface area contributed by atoms with Crippen molar-refractivity contribution in [3.05, 3.63) is 77.7 Å². The van der Waals surface area contributed by atoms with Crippen molar-refractivity contribution < 1.29 is 0 Å². The molecule has 1 aromatic heterocycles. The number of H-pyrrole nitrogens is 1. The van der Waals surface area contributed by atoms with Crippen LogP contribution in [-0.2, 0) is 6.42 Å². The molecule has 0 amide bonds. The summed E-state index contributed by atoms with van der Waals surface area (Å²) >= 11 is 0. The van der Waals surface area contributed by atoms with Crippen molar-refractivity contribution in [2.45, 2.75) is 6.42 Å². The first-order valence-electron chi connectivity index (χ1n) is 7.08. The summed E-state index contributed by atoms with van der Waals surface area (Å²) in [6.07, 6.45) is 2.43. The summed E-state index contributed by atoms with van der Waals surface area (Å²) in [6.45, 7) is 0. The Balaban J connectivity index is 1.74. The van der Waals surface area contributed by atoms with Gasteiger partial charge in [-0.3, -0.25) is 0 Å². The number of rotatable bonds is 5. The van der Waals surface area contributed by atoms with E-state index in [1.54, 1.807) is 6.20 Å². The maximum Gasteiger partial charge on any atom is 0.216 e. The summed E-state index contributed by atoms with van der Waals surface area (Å²) in [4.78, 5) is 0. The molecule has 0 saturated carbocycles. The van der Waals surface area contributed by atoms with Gasteiger partial charge in [0.2, 0.25) is 5.82 Å². The van der Waals surface area contributed by atoms with Crippen molar-refractivity contribution in [3.8, 4) is 6.07 Å². The minimum Gasteiger partial charge on any atom is -0.360 e. The Bertz CT molecular complexity index is 831. The number of anilines is 1. The van der Waals surface area contributed by atoms with Crippen LogP contribution in [0.5, 0.6) is 0 Å². The van der Waals surface area contributed by atoms with E-state index >= 15 is 0 Å². The van der Waals surface area contributed by atoms with Crippen molar-refractivity contribution in [3.63, 3.8) is 0 Å². The molecule has 0 radical (unpaired) electrons. The fourth-order valence-electron chi connectivity index (χ4n) is 2.18. The summed E-state index contributed by atoms with van der Waals surface area (Å²) in [5.74, 6) is 0.264. The molecule has 0 fully saturated rings. The molecule has 1 heterocycles. The molecule has 0 aliphatic heterocycles. The van der Waals surface area contributed by atoms with Gasteiger partial charge < -0.3 is 5.32 Å². The zero-order valence-corrected chi connectivity index (χ0v) is 12.3. The number of nitriles is 1. The number of allylic oxidation sites excluding steroid dienone is 1. The van der Waals surface area contributed by atoms with Gasteiger partial charge in [0, 0.05) is 11.9 Å². The molecule has 0 spiro atoms. The molecule has 0 bridgehead atoms. The molecule has 3 aromatic rings. The Labute approximate surface area is 133 Å². The zero-order valence-electron chi connectivity index (χ0n) is 12.3. The fraction of sp³-hybridized carbons (Fsp3) is 0.0588. The average Bonchev–Trinajstić information content (AvgIpc) is 3.11. The smallest absolute Gasteiger partial charge is 0.216 e. The number of nitrogens with zero attached hydrogens (tertiary/aromatic N) is 4. The molecule has 3 rings (SSSR count). The third-order valence-electron chi connectivity index (χ3n) is 3.27. The van der Waals surface area contributed by atoms with Crippen LogP contribution in [0.15, 0.2) is 60.8 Å². The molecule has 0 unspecified atom stereocenters. The third kappa shape index (κ3) is 3.80. The molecule has 0 saturated heterocycles. The lowest BCUT2D eigenvalue weighted by Gasteiger charge is -2.06. The maximum absolute atomic E-state index is 9.15. The van der Waals surface area contributed by atoms with Gasteiger partial charge in [-0.05, 0) is 34.9 Å². The second kappa shape index (κ2) is 7.00. The Kier molecular flexibility index (Phi) is 4.41. The monoisotopic (exact) mass is 302 g/mol. The molecule has 23 heavy (non-hydrogen) atoms. The predicted octanol–water partition coefficient (Wildman–Crippen LogP) is 2.77. The summed E-state index contributed by atoms with van der Waals surface area (Å²) in [6, 6.07) is 20.4. The van der Waals surface area contributed by atoms with Gasteiger partial charge in [-0.1, -0.05) is 42.5 Å². The van der Waals surface area contributed by atoms with Crippen molar-refractivity contribution in [1.82, 2.24) is 20.6 Å². The first kappa shape index (κ1) is 14.5. The summed E-state index contributed by atoms with van der Waals surface area (Å²) in [7, 11) is 0. The van der Waals surface area contributed by atoms with Gasteiger partial charge in [-0.15, -0.1) is 10.2 Å². The molecular formula is C17H14N6. The highest BCUT2D eigenvalue weighted by Crippen LogP contribution is 2.16. The number of nitrogens with one attached hydrogen (secondary N) is 2. The number of hydrogen-bond donors (Lipinski definition) is 2. The van der Waals surface area contributed by atoms with E-state index in [4.69, 9.17) is 5.26 Å². The SMILES string of the molecule is N#CC(=CNc1cccc(Cc2ccccc2)c1)c1nn[nH]n1. The van der Waals surface area contributed by atoms with Crippen LogP contribution in [0.1, 0.15) is 17.0 Å². The lowest BCUT2D eigenvalue weighted by Crippen LogP contribution is -1.94. The van der Waals surface area contributed by atoms with E-state index in [0.717, 1.165) is 12.1 Å². The van der Waals surface area contributed by atoms with E-state index in [1.165, 1.54) is 11.1 Å². The number of benzene rings is 2. The van der Waals surface area contributed by atoms with Crippen molar-refractivity contribution in [2.24, 2.45) is 0 Å². The first-order chi connectivity index (χ1) is 11.3. The Morgan fingerprint density at radius 3 is 2.70 bits per heavy atom. The van der Waals surface area contributed by atoms with E-state index in [9.17, 15) is 0 Å². The van der Waals surface area contributed by atoms with E-state index in [1.807, 2.05) is 36.4 Å². The zero-order chi connectivity index (χ0) is 15.9. The largest absolute Gasteiger partial charge is 0.360 e. The summed E-state index contributed by atoms with van der Waals surface area (Å²) in [5.41, 5.74) is 3.65. The molecule has 2 N–H and O–H groups in total. The third-order valence-corrected chi connectivity index (χ3v) is 3.27. The standard InChI is InChI=1S/C17H14N6/c18-11-15(17-20-22-23-21-17)12-19-16-8-4-7-14(10-16)9-13-5-2-1-3-6-13/h1-8,10,12,19H,9H2,(H,20,21,22,23). The van der Waals surface area contributed by atoms with Gasteiger partial charge in [0.25, 0.3) is 0 Å². The van der Waals surface area contributed by atoms with Crippen molar-refractivity contribution >= 4 is 11.3 Å². The van der Waals surface area contributed by atoms with E-state index in [0.29, 0.717) is 5.57 Å². The molecular weight excluding hydrogens is 288 g/mol.